The predicted octanol–water partition coefficient (Wildman–Crippen LogP) is 2.57. The Balaban J connectivity index is 2.36. The van der Waals surface area contributed by atoms with Crippen molar-refractivity contribution in [1.29, 1.82) is 0 Å². The molecule has 0 aromatic heterocycles. The molecule has 1 aliphatic heterocycles. The molecule has 1 heterocycles. The lowest BCUT2D eigenvalue weighted by Crippen LogP contribution is -2.34. The lowest BCUT2D eigenvalue weighted by molar-refractivity contribution is 0.336. The molecule has 0 saturated carbocycles. The Morgan fingerprint density at radius 1 is 1.21 bits per heavy atom. The van der Waals surface area contributed by atoms with Crippen molar-refractivity contribution < 1.29 is 0 Å². The van der Waals surface area contributed by atoms with Crippen LogP contribution in [0.3, 0.4) is 0 Å². The Kier molecular flexibility index (Phi) is 2.60. The number of hydrogen-bond acceptors (Lipinski definition) is 1. The van der Waals surface area contributed by atoms with Gasteiger partial charge in [-0.1, -0.05) is 44.2 Å². The van der Waals surface area contributed by atoms with E-state index in [1.54, 1.807) is 0 Å². The summed E-state index contributed by atoms with van der Waals surface area (Å²) in [5.41, 5.74) is 1.88. The number of nitrogens with one attached hydrogen (secondary N) is 1. The molecule has 76 valence electrons. The first-order valence-electron chi connectivity index (χ1n) is 5.52. The van der Waals surface area contributed by atoms with E-state index in [1.807, 2.05) is 0 Å². The SMILES string of the molecule is CC(C)C1(c2ccccc2)CCNC1. The molecule has 2 rings (SSSR count). The average molecular weight is 189 g/mol. The summed E-state index contributed by atoms with van der Waals surface area (Å²) in [6.07, 6.45) is 1.27. The van der Waals surface area contributed by atoms with E-state index >= 15 is 0 Å². The van der Waals surface area contributed by atoms with Crippen molar-refractivity contribution in [3.8, 4) is 0 Å². The topological polar surface area (TPSA) is 12.0 Å². The molecule has 1 unspecified atom stereocenters. The van der Waals surface area contributed by atoms with E-state index in [-0.39, 0.29) is 0 Å². The van der Waals surface area contributed by atoms with Crippen LogP contribution in [-0.4, -0.2) is 13.1 Å². The van der Waals surface area contributed by atoms with E-state index in [9.17, 15) is 0 Å². The van der Waals surface area contributed by atoms with Gasteiger partial charge in [-0.2, -0.15) is 0 Å². The average Bonchev–Trinajstić information content (AvgIpc) is 2.69. The van der Waals surface area contributed by atoms with Crippen LogP contribution in [0.2, 0.25) is 0 Å². The largest absolute Gasteiger partial charge is 0.316 e. The zero-order valence-corrected chi connectivity index (χ0v) is 9.09. The predicted molar refractivity (Wildman–Crippen MR) is 60.4 cm³/mol. The molecule has 1 atom stereocenters. The van der Waals surface area contributed by atoms with Crippen molar-refractivity contribution in [2.24, 2.45) is 5.92 Å². The number of hydrogen-bond donors (Lipinski definition) is 1. The summed E-state index contributed by atoms with van der Waals surface area (Å²) in [5.74, 6) is 0.708. The van der Waals surface area contributed by atoms with Crippen molar-refractivity contribution in [2.45, 2.75) is 25.7 Å². The molecule has 1 heteroatoms. The second kappa shape index (κ2) is 3.74. The number of benzene rings is 1. The van der Waals surface area contributed by atoms with E-state index in [0.717, 1.165) is 13.1 Å². The zero-order chi connectivity index (χ0) is 10.0. The second-order valence-corrected chi connectivity index (χ2v) is 4.60. The van der Waals surface area contributed by atoms with Gasteiger partial charge in [0.15, 0.2) is 0 Å². The van der Waals surface area contributed by atoms with Crippen LogP contribution in [-0.2, 0) is 5.41 Å². The smallest absolute Gasteiger partial charge is 0.0113 e. The molecule has 1 aromatic carbocycles. The zero-order valence-electron chi connectivity index (χ0n) is 9.09. The summed E-state index contributed by atoms with van der Waals surface area (Å²) >= 11 is 0. The van der Waals surface area contributed by atoms with Crippen LogP contribution >= 0.6 is 0 Å². The first-order chi connectivity index (χ1) is 6.76. The van der Waals surface area contributed by atoms with Crippen molar-refractivity contribution in [3.63, 3.8) is 0 Å². The third kappa shape index (κ3) is 1.46. The molecule has 1 N–H and O–H groups in total. The molecule has 0 radical (unpaired) electrons. The normalized spacial score (nSPS) is 27.1. The fourth-order valence-corrected chi connectivity index (χ4v) is 2.55. The summed E-state index contributed by atoms with van der Waals surface area (Å²) in [7, 11) is 0. The van der Waals surface area contributed by atoms with Gasteiger partial charge in [0.05, 0.1) is 0 Å². The second-order valence-electron chi connectivity index (χ2n) is 4.60. The molecule has 0 bridgehead atoms. The molecule has 14 heavy (non-hydrogen) atoms. The fraction of sp³-hybridized carbons (Fsp3) is 0.538. The Hall–Kier alpha value is -0.820. The first-order valence-corrected chi connectivity index (χ1v) is 5.52. The fourth-order valence-electron chi connectivity index (χ4n) is 2.55. The summed E-state index contributed by atoms with van der Waals surface area (Å²) < 4.78 is 0. The van der Waals surface area contributed by atoms with E-state index in [0.29, 0.717) is 11.3 Å². The van der Waals surface area contributed by atoms with Gasteiger partial charge in [0.1, 0.15) is 0 Å². The third-order valence-corrected chi connectivity index (χ3v) is 3.64. The van der Waals surface area contributed by atoms with Gasteiger partial charge in [-0.15, -0.1) is 0 Å². The molecule has 1 aliphatic rings. The van der Waals surface area contributed by atoms with Crippen LogP contribution in [0.5, 0.6) is 0 Å². The number of rotatable bonds is 2. The molecular formula is C13H19N. The van der Waals surface area contributed by atoms with Crippen molar-refractivity contribution >= 4 is 0 Å². The Bertz CT molecular complexity index is 283. The van der Waals surface area contributed by atoms with Crippen LogP contribution < -0.4 is 5.32 Å². The standard InChI is InChI=1S/C13H19N/c1-11(2)13(8-9-14-10-13)12-6-4-3-5-7-12/h3-7,11,14H,8-10H2,1-2H3. The minimum Gasteiger partial charge on any atom is -0.316 e. The molecule has 1 nitrogen and oxygen atoms in total. The summed E-state index contributed by atoms with van der Waals surface area (Å²) in [6.45, 7) is 6.96. The monoisotopic (exact) mass is 189 g/mol. The van der Waals surface area contributed by atoms with Gasteiger partial charge < -0.3 is 5.32 Å². The van der Waals surface area contributed by atoms with Crippen molar-refractivity contribution in [3.05, 3.63) is 35.9 Å². The maximum Gasteiger partial charge on any atom is 0.0113 e. The highest BCUT2D eigenvalue weighted by atomic mass is 14.9. The van der Waals surface area contributed by atoms with Crippen LogP contribution in [0, 0.1) is 5.92 Å². The van der Waals surface area contributed by atoms with Crippen LogP contribution in [0.1, 0.15) is 25.8 Å². The van der Waals surface area contributed by atoms with Gasteiger partial charge in [-0.25, -0.2) is 0 Å². The van der Waals surface area contributed by atoms with Crippen LogP contribution in [0.25, 0.3) is 0 Å². The first kappa shape index (κ1) is 9.72. The van der Waals surface area contributed by atoms with Gasteiger partial charge in [0.2, 0.25) is 0 Å². The minimum atomic E-state index is 0.376. The maximum absolute atomic E-state index is 3.49. The van der Waals surface area contributed by atoms with Crippen molar-refractivity contribution in [2.75, 3.05) is 13.1 Å². The highest BCUT2D eigenvalue weighted by Crippen LogP contribution is 2.37. The lowest BCUT2D eigenvalue weighted by atomic mass is 9.71. The molecule has 1 aromatic rings. The molecule has 0 aliphatic carbocycles. The van der Waals surface area contributed by atoms with Crippen LogP contribution in [0.15, 0.2) is 30.3 Å². The van der Waals surface area contributed by atoms with E-state index in [4.69, 9.17) is 0 Å². The highest BCUT2D eigenvalue weighted by Gasteiger charge is 2.38. The van der Waals surface area contributed by atoms with Gasteiger partial charge in [0, 0.05) is 12.0 Å². The Morgan fingerprint density at radius 2 is 1.93 bits per heavy atom. The molecule has 0 spiro atoms. The third-order valence-electron chi connectivity index (χ3n) is 3.64. The molecule has 0 amide bonds. The summed E-state index contributed by atoms with van der Waals surface area (Å²) in [6, 6.07) is 10.9. The van der Waals surface area contributed by atoms with Gasteiger partial charge in [-0.05, 0) is 24.4 Å². The van der Waals surface area contributed by atoms with Gasteiger partial charge in [0.25, 0.3) is 0 Å². The molecule has 1 fully saturated rings. The van der Waals surface area contributed by atoms with E-state index < -0.39 is 0 Å². The quantitative estimate of drug-likeness (QED) is 0.754. The highest BCUT2D eigenvalue weighted by molar-refractivity contribution is 5.28. The van der Waals surface area contributed by atoms with Crippen LogP contribution in [0.4, 0.5) is 0 Å². The van der Waals surface area contributed by atoms with E-state index in [1.165, 1.54) is 12.0 Å². The Labute approximate surface area is 86.5 Å². The summed E-state index contributed by atoms with van der Waals surface area (Å²) in [5, 5.41) is 3.49. The Morgan fingerprint density at radius 3 is 2.43 bits per heavy atom. The van der Waals surface area contributed by atoms with Gasteiger partial charge in [-0.3, -0.25) is 0 Å². The van der Waals surface area contributed by atoms with Gasteiger partial charge >= 0.3 is 0 Å². The van der Waals surface area contributed by atoms with Crippen molar-refractivity contribution in [1.82, 2.24) is 5.32 Å². The maximum atomic E-state index is 3.49. The molecular weight excluding hydrogens is 170 g/mol. The lowest BCUT2D eigenvalue weighted by Gasteiger charge is -2.33. The minimum absolute atomic E-state index is 0.376. The molecule has 1 saturated heterocycles. The summed E-state index contributed by atoms with van der Waals surface area (Å²) in [4.78, 5) is 0. The van der Waals surface area contributed by atoms with E-state index in [2.05, 4.69) is 49.5 Å².